The van der Waals surface area contributed by atoms with Crippen LogP contribution in [0.2, 0.25) is 0 Å². The maximum absolute atomic E-state index is 9.75. The number of nitrogens with zero attached hydrogens (tertiary/aromatic N) is 1. The molecular formula is C13H13NO. The van der Waals surface area contributed by atoms with E-state index in [1.54, 1.807) is 10.6 Å². The van der Waals surface area contributed by atoms with Crippen molar-refractivity contribution in [3.8, 4) is 0 Å². The number of hydrogen-bond acceptors (Lipinski definition) is 1. The van der Waals surface area contributed by atoms with Crippen LogP contribution in [0.25, 0.3) is 6.08 Å². The van der Waals surface area contributed by atoms with Gasteiger partial charge in [0, 0.05) is 12.4 Å². The fourth-order valence-corrected chi connectivity index (χ4v) is 1.38. The van der Waals surface area contributed by atoms with Crippen LogP contribution in [0.4, 0.5) is 0 Å². The summed E-state index contributed by atoms with van der Waals surface area (Å²) < 4.78 is 1.74. The van der Waals surface area contributed by atoms with Crippen LogP contribution in [0, 0.1) is 0 Å². The molecule has 15 heavy (non-hydrogen) atoms. The van der Waals surface area contributed by atoms with Crippen molar-refractivity contribution in [3.05, 3.63) is 66.5 Å². The summed E-state index contributed by atoms with van der Waals surface area (Å²) in [6, 6.07) is 13.7. The smallest absolute Gasteiger partial charge is 0.149 e. The van der Waals surface area contributed by atoms with E-state index in [4.69, 9.17) is 0 Å². The zero-order chi connectivity index (χ0) is 10.5. The maximum atomic E-state index is 9.75. The molecule has 1 N–H and O–H groups in total. The molecule has 1 atom stereocenters. The van der Waals surface area contributed by atoms with Gasteiger partial charge in [0.1, 0.15) is 6.23 Å². The Morgan fingerprint density at radius 2 is 1.67 bits per heavy atom. The van der Waals surface area contributed by atoms with E-state index in [0.717, 1.165) is 5.56 Å². The average molecular weight is 199 g/mol. The van der Waals surface area contributed by atoms with E-state index >= 15 is 0 Å². The minimum atomic E-state index is -0.597. The van der Waals surface area contributed by atoms with E-state index in [-0.39, 0.29) is 0 Å². The van der Waals surface area contributed by atoms with Crippen LogP contribution < -0.4 is 0 Å². The average Bonchev–Trinajstić information content (AvgIpc) is 2.81. The molecule has 0 aliphatic rings. The Balaban J connectivity index is 2.06. The highest BCUT2D eigenvalue weighted by molar-refractivity contribution is 5.48. The van der Waals surface area contributed by atoms with E-state index in [1.165, 1.54) is 0 Å². The summed E-state index contributed by atoms with van der Waals surface area (Å²) in [5, 5.41) is 9.75. The molecule has 2 rings (SSSR count). The van der Waals surface area contributed by atoms with Crippen LogP contribution >= 0.6 is 0 Å². The molecule has 0 aliphatic heterocycles. The molecular weight excluding hydrogens is 186 g/mol. The predicted octanol–water partition coefficient (Wildman–Crippen LogP) is 2.69. The van der Waals surface area contributed by atoms with Crippen LogP contribution in [0.15, 0.2) is 60.9 Å². The third-order valence-corrected chi connectivity index (χ3v) is 2.19. The second-order valence-corrected chi connectivity index (χ2v) is 3.31. The van der Waals surface area contributed by atoms with Gasteiger partial charge in [-0.15, -0.1) is 0 Å². The minimum absolute atomic E-state index is 0.597. The number of benzene rings is 1. The SMILES string of the molecule is OC(/C=C/c1ccccc1)n1cccc1. The van der Waals surface area contributed by atoms with Crippen molar-refractivity contribution in [3.63, 3.8) is 0 Å². The summed E-state index contributed by atoms with van der Waals surface area (Å²) in [5.41, 5.74) is 1.09. The zero-order valence-electron chi connectivity index (χ0n) is 8.32. The van der Waals surface area contributed by atoms with Gasteiger partial charge in [-0.25, -0.2) is 0 Å². The second-order valence-electron chi connectivity index (χ2n) is 3.31. The molecule has 0 radical (unpaired) electrons. The highest BCUT2D eigenvalue weighted by Crippen LogP contribution is 2.08. The van der Waals surface area contributed by atoms with E-state index in [2.05, 4.69) is 0 Å². The van der Waals surface area contributed by atoms with Crippen LogP contribution in [-0.2, 0) is 0 Å². The molecule has 0 bridgehead atoms. The molecule has 76 valence electrons. The second kappa shape index (κ2) is 4.62. The van der Waals surface area contributed by atoms with Gasteiger partial charge >= 0.3 is 0 Å². The number of aliphatic hydroxyl groups is 1. The van der Waals surface area contributed by atoms with Crippen LogP contribution in [0.3, 0.4) is 0 Å². The van der Waals surface area contributed by atoms with Gasteiger partial charge in [-0.2, -0.15) is 0 Å². The lowest BCUT2D eigenvalue weighted by atomic mass is 10.2. The molecule has 2 aromatic rings. The Labute approximate surface area is 89.1 Å². The van der Waals surface area contributed by atoms with Gasteiger partial charge < -0.3 is 9.67 Å². The molecule has 0 spiro atoms. The van der Waals surface area contributed by atoms with Gasteiger partial charge in [0.25, 0.3) is 0 Å². The zero-order valence-corrected chi connectivity index (χ0v) is 8.32. The van der Waals surface area contributed by atoms with Crippen molar-refractivity contribution >= 4 is 6.08 Å². The first-order valence-corrected chi connectivity index (χ1v) is 4.90. The number of aliphatic hydroxyl groups excluding tert-OH is 1. The molecule has 2 heteroatoms. The Bertz CT molecular complexity index is 417. The van der Waals surface area contributed by atoms with Gasteiger partial charge in [-0.1, -0.05) is 36.4 Å². The fourth-order valence-electron chi connectivity index (χ4n) is 1.38. The van der Waals surface area contributed by atoms with Gasteiger partial charge in [-0.05, 0) is 23.8 Å². The summed E-state index contributed by atoms with van der Waals surface area (Å²) in [7, 11) is 0. The van der Waals surface area contributed by atoms with Crippen molar-refractivity contribution in [1.29, 1.82) is 0 Å². The maximum Gasteiger partial charge on any atom is 0.149 e. The highest BCUT2D eigenvalue weighted by Gasteiger charge is 1.97. The first kappa shape index (κ1) is 9.74. The topological polar surface area (TPSA) is 25.2 Å². The summed E-state index contributed by atoms with van der Waals surface area (Å²) in [6.45, 7) is 0. The van der Waals surface area contributed by atoms with E-state index in [1.807, 2.05) is 60.9 Å². The monoisotopic (exact) mass is 199 g/mol. The van der Waals surface area contributed by atoms with Crippen LogP contribution in [-0.4, -0.2) is 9.67 Å². The summed E-state index contributed by atoms with van der Waals surface area (Å²) in [4.78, 5) is 0. The third-order valence-electron chi connectivity index (χ3n) is 2.19. The summed E-state index contributed by atoms with van der Waals surface area (Å²) in [6.07, 6.45) is 6.74. The highest BCUT2D eigenvalue weighted by atomic mass is 16.3. The largest absolute Gasteiger partial charge is 0.370 e. The Kier molecular flexibility index (Phi) is 3.00. The predicted molar refractivity (Wildman–Crippen MR) is 61.2 cm³/mol. The van der Waals surface area contributed by atoms with Crippen molar-refractivity contribution in [1.82, 2.24) is 4.57 Å². The van der Waals surface area contributed by atoms with Crippen molar-refractivity contribution < 1.29 is 5.11 Å². The quantitative estimate of drug-likeness (QED) is 0.807. The summed E-state index contributed by atoms with van der Waals surface area (Å²) in [5.74, 6) is 0. The molecule has 0 aliphatic carbocycles. The molecule has 1 unspecified atom stereocenters. The summed E-state index contributed by atoms with van der Waals surface area (Å²) >= 11 is 0. The number of aromatic nitrogens is 1. The Morgan fingerprint density at radius 3 is 2.33 bits per heavy atom. The van der Waals surface area contributed by atoms with Crippen molar-refractivity contribution in [2.24, 2.45) is 0 Å². The molecule has 1 aromatic carbocycles. The molecule has 0 fully saturated rings. The number of rotatable bonds is 3. The first-order chi connectivity index (χ1) is 7.36. The van der Waals surface area contributed by atoms with Gasteiger partial charge in [0.2, 0.25) is 0 Å². The first-order valence-electron chi connectivity index (χ1n) is 4.90. The molecule has 2 nitrogen and oxygen atoms in total. The van der Waals surface area contributed by atoms with Gasteiger partial charge in [0.05, 0.1) is 0 Å². The van der Waals surface area contributed by atoms with E-state index < -0.39 is 6.23 Å². The lowest BCUT2D eigenvalue weighted by molar-refractivity contribution is 0.156. The van der Waals surface area contributed by atoms with Crippen LogP contribution in [0.1, 0.15) is 11.8 Å². The normalized spacial score (nSPS) is 13.1. The Morgan fingerprint density at radius 1 is 1.00 bits per heavy atom. The van der Waals surface area contributed by atoms with Crippen molar-refractivity contribution in [2.75, 3.05) is 0 Å². The minimum Gasteiger partial charge on any atom is -0.370 e. The lowest BCUT2D eigenvalue weighted by Crippen LogP contribution is -2.01. The number of hydrogen-bond donors (Lipinski definition) is 1. The molecule has 0 amide bonds. The van der Waals surface area contributed by atoms with Gasteiger partial charge in [0.15, 0.2) is 0 Å². The van der Waals surface area contributed by atoms with E-state index in [9.17, 15) is 5.11 Å². The molecule has 0 saturated carbocycles. The van der Waals surface area contributed by atoms with Gasteiger partial charge in [-0.3, -0.25) is 0 Å². The standard InChI is InChI=1S/C13H13NO/c15-13(14-10-4-5-11-14)9-8-12-6-2-1-3-7-12/h1-11,13,15H/b9-8+. The molecule has 1 aromatic heterocycles. The van der Waals surface area contributed by atoms with E-state index in [0.29, 0.717) is 0 Å². The fraction of sp³-hybridized carbons (Fsp3) is 0.0769. The molecule has 0 saturated heterocycles. The lowest BCUT2D eigenvalue weighted by Gasteiger charge is -2.06. The van der Waals surface area contributed by atoms with Crippen LogP contribution in [0.5, 0.6) is 0 Å². The third kappa shape index (κ3) is 2.58. The van der Waals surface area contributed by atoms with Crippen molar-refractivity contribution in [2.45, 2.75) is 6.23 Å². The molecule has 1 heterocycles. The Hall–Kier alpha value is -1.80.